The van der Waals surface area contributed by atoms with E-state index in [-0.39, 0.29) is 0 Å². The summed E-state index contributed by atoms with van der Waals surface area (Å²) in [6.45, 7) is 4.92. The van der Waals surface area contributed by atoms with Gasteiger partial charge in [0.2, 0.25) is 0 Å². The van der Waals surface area contributed by atoms with E-state index < -0.39 is 0 Å². The number of hydrogen-bond donors (Lipinski definition) is 1. The molecule has 1 heterocycles. The first kappa shape index (κ1) is 13.4. The van der Waals surface area contributed by atoms with Gasteiger partial charge in [0, 0.05) is 12.1 Å². The lowest BCUT2D eigenvalue weighted by molar-refractivity contribution is 0.260. The predicted octanol–water partition coefficient (Wildman–Crippen LogP) is 3.03. The van der Waals surface area contributed by atoms with Crippen LogP contribution in [0.3, 0.4) is 0 Å². The van der Waals surface area contributed by atoms with E-state index in [2.05, 4.69) is 24.2 Å². The fourth-order valence-corrected chi connectivity index (χ4v) is 3.48. The highest BCUT2D eigenvalue weighted by atomic mass is 15.1. The van der Waals surface area contributed by atoms with Gasteiger partial charge >= 0.3 is 0 Å². The first-order valence-electron chi connectivity index (χ1n) is 7.72. The van der Waals surface area contributed by atoms with Crippen molar-refractivity contribution in [1.29, 1.82) is 0 Å². The average molecular weight is 238 g/mol. The quantitative estimate of drug-likeness (QED) is 0.813. The third kappa shape index (κ3) is 4.26. The van der Waals surface area contributed by atoms with Gasteiger partial charge < -0.3 is 10.2 Å². The SMILES string of the molecule is CCC1CCC(NC2CCCN(C)CC2)CC1. The van der Waals surface area contributed by atoms with Crippen LogP contribution in [0.1, 0.15) is 58.3 Å². The summed E-state index contributed by atoms with van der Waals surface area (Å²) in [5.74, 6) is 1.02. The molecule has 1 aliphatic heterocycles. The molecule has 2 nitrogen and oxygen atoms in total. The second-order valence-electron chi connectivity index (χ2n) is 6.22. The van der Waals surface area contributed by atoms with Gasteiger partial charge in [-0.25, -0.2) is 0 Å². The smallest absolute Gasteiger partial charge is 0.00823 e. The monoisotopic (exact) mass is 238 g/mol. The number of rotatable bonds is 3. The number of nitrogens with zero attached hydrogens (tertiary/aromatic N) is 1. The van der Waals surface area contributed by atoms with Crippen LogP contribution < -0.4 is 5.32 Å². The van der Waals surface area contributed by atoms with Gasteiger partial charge in [0.25, 0.3) is 0 Å². The molecule has 1 aliphatic carbocycles. The first-order chi connectivity index (χ1) is 8.28. The largest absolute Gasteiger partial charge is 0.311 e. The maximum atomic E-state index is 3.94. The van der Waals surface area contributed by atoms with E-state index in [0.717, 1.165) is 18.0 Å². The molecule has 2 fully saturated rings. The summed E-state index contributed by atoms with van der Waals surface area (Å²) in [7, 11) is 2.26. The molecule has 100 valence electrons. The second kappa shape index (κ2) is 6.75. The molecule has 17 heavy (non-hydrogen) atoms. The van der Waals surface area contributed by atoms with Crippen molar-refractivity contribution in [3.63, 3.8) is 0 Å². The van der Waals surface area contributed by atoms with Gasteiger partial charge in [0.05, 0.1) is 0 Å². The topological polar surface area (TPSA) is 15.3 Å². The van der Waals surface area contributed by atoms with Crippen molar-refractivity contribution >= 4 is 0 Å². The fourth-order valence-electron chi connectivity index (χ4n) is 3.48. The zero-order valence-corrected chi connectivity index (χ0v) is 11.8. The van der Waals surface area contributed by atoms with Gasteiger partial charge in [0.15, 0.2) is 0 Å². The Morgan fingerprint density at radius 3 is 2.35 bits per heavy atom. The van der Waals surface area contributed by atoms with E-state index in [4.69, 9.17) is 0 Å². The minimum absolute atomic E-state index is 0.795. The average Bonchev–Trinajstić information content (AvgIpc) is 2.56. The third-order valence-electron chi connectivity index (χ3n) is 4.85. The van der Waals surface area contributed by atoms with Crippen LogP contribution in [0.5, 0.6) is 0 Å². The molecular formula is C15H30N2. The van der Waals surface area contributed by atoms with E-state index in [1.165, 1.54) is 64.5 Å². The molecule has 0 aromatic rings. The minimum atomic E-state index is 0.795. The Morgan fingerprint density at radius 1 is 0.941 bits per heavy atom. The molecule has 0 spiro atoms. The van der Waals surface area contributed by atoms with E-state index in [1.54, 1.807) is 0 Å². The molecule has 0 aromatic carbocycles. The fraction of sp³-hybridized carbons (Fsp3) is 1.00. The molecule has 2 aliphatic rings. The summed E-state index contributed by atoms with van der Waals surface area (Å²) in [6.07, 6.45) is 11.3. The number of nitrogens with one attached hydrogen (secondary N) is 1. The van der Waals surface area contributed by atoms with Gasteiger partial charge in [-0.2, -0.15) is 0 Å². The molecule has 1 atom stereocenters. The molecule has 0 amide bonds. The van der Waals surface area contributed by atoms with Gasteiger partial charge in [-0.05, 0) is 71.0 Å². The van der Waals surface area contributed by atoms with Crippen molar-refractivity contribution in [3.8, 4) is 0 Å². The zero-order chi connectivity index (χ0) is 12.1. The van der Waals surface area contributed by atoms with Crippen molar-refractivity contribution in [2.75, 3.05) is 20.1 Å². The van der Waals surface area contributed by atoms with Crippen LogP contribution in [0.15, 0.2) is 0 Å². The van der Waals surface area contributed by atoms with Gasteiger partial charge in [0.1, 0.15) is 0 Å². The van der Waals surface area contributed by atoms with E-state index in [0.29, 0.717) is 0 Å². The first-order valence-corrected chi connectivity index (χ1v) is 7.72. The van der Waals surface area contributed by atoms with E-state index in [9.17, 15) is 0 Å². The van der Waals surface area contributed by atoms with Gasteiger partial charge in [-0.1, -0.05) is 13.3 Å². The van der Waals surface area contributed by atoms with Crippen molar-refractivity contribution in [2.24, 2.45) is 5.92 Å². The van der Waals surface area contributed by atoms with Crippen LogP contribution >= 0.6 is 0 Å². The standard InChI is InChI=1S/C15H30N2/c1-3-13-6-8-15(9-7-13)16-14-5-4-11-17(2)12-10-14/h13-16H,3-12H2,1-2H3. The highest BCUT2D eigenvalue weighted by molar-refractivity contribution is 4.82. The zero-order valence-electron chi connectivity index (χ0n) is 11.8. The summed E-state index contributed by atoms with van der Waals surface area (Å²) in [4.78, 5) is 2.48. The van der Waals surface area contributed by atoms with Crippen molar-refractivity contribution < 1.29 is 0 Å². The number of likely N-dealkylation sites (tertiary alicyclic amines) is 1. The lowest BCUT2D eigenvalue weighted by Gasteiger charge is -2.31. The maximum Gasteiger partial charge on any atom is 0.00823 e. The Balaban J connectivity index is 1.70. The van der Waals surface area contributed by atoms with Crippen LogP contribution in [0.4, 0.5) is 0 Å². The minimum Gasteiger partial charge on any atom is -0.311 e. The van der Waals surface area contributed by atoms with Crippen LogP contribution in [0.2, 0.25) is 0 Å². The molecule has 2 heteroatoms. The van der Waals surface area contributed by atoms with Crippen LogP contribution in [-0.4, -0.2) is 37.1 Å². The summed E-state index contributed by atoms with van der Waals surface area (Å²) in [5.41, 5.74) is 0. The Kier molecular flexibility index (Phi) is 5.30. The van der Waals surface area contributed by atoms with Crippen molar-refractivity contribution in [3.05, 3.63) is 0 Å². The second-order valence-corrected chi connectivity index (χ2v) is 6.22. The molecule has 1 saturated carbocycles. The van der Waals surface area contributed by atoms with Crippen LogP contribution in [0, 0.1) is 5.92 Å². The molecule has 1 unspecified atom stereocenters. The molecule has 1 saturated heterocycles. The molecule has 0 bridgehead atoms. The summed E-state index contributed by atoms with van der Waals surface area (Å²) in [6, 6.07) is 1.62. The predicted molar refractivity (Wildman–Crippen MR) is 74.3 cm³/mol. The molecule has 2 rings (SSSR count). The van der Waals surface area contributed by atoms with Crippen molar-refractivity contribution in [1.82, 2.24) is 10.2 Å². The van der Waals surface area contributed by atoms with E-state index >= 15 is 0 Å². The highest BCUT2D eigenvalue weighted by Crippen LogP contribution is 2.27. The molecule has 1 N–H and O–H groups in total. The Morgan fingerprint density at radius 2 is 1.65 bits per heavy atom. The third-order valence-corrected chi connectivity index (χ3v) is 4.85. The number of hydrogen-bond acceptors (Lipinski definition) is 2. The van der Waals surface area contributed by atoms with Crippen LogP contribution in [0.25, 0.3) is 0 Å². The van der Waals surface area contributed by atoms with Crippen molar-refractivity contribution in [2.45, 2.75) is 70.4 Å². The maximum absolute atomic E-state index is 3.94. The summed E-state index contributed by atoms with van der Waals surface area (Å²) < 4.78 is 0. The lowest BCUT2D eigenvalue weighted by Crippen LogP contribution is -2.40. The normalized spacial score (nSPS) is 36.7. The Labute approximate surface area is 107 Å². The summed E-state index contributed by atoms with van der Waals surface area (Å²) in [5, 5.41) is 3.94. The Hall–Kier alpha value is -0.0800. The Bertz CT molecular complexity index is 209. The summed E-state index contributed by atoms with van der Waals surface area (Å²) >= 11 is 0. The highest BCUT2D eigenvalue weighted by Gasteiger charge is 2.23. The molecule has 0 radical (unpaired) electrons. The lowest BCUT2D eigenvalue weighted by atomic mass is 9.84. The van der Waals surface area contributed by atoms with E-state index in [1.807, 2.05) is 0 Å². The molecule has 0 aromatic heterocycles. The molecular weight excluding hydrogens is 208 g/mol. The van der Waals surface area contributed by atoms with Crippen LogP contribution in [-0.2, 0) is 0 Å². The van der Waals surface area contributed by atoms with Gasteiger partial charge in [-0.15, -0.1) is 0 Å². The van der Waals surface area contributed by atoms with Gasteiger partial charge in [-0.3, -0.25) is 0 Å².